The highest BCUT2D eigenvalue weighted by atomic mass is 32.2. The molecule has 0 spiro atoms. The van der Waals surface area contributed by atoms with E-state index in [2.05, 4.69) is 20.4 Å². The zero-order chi connectivity index (χ0) is 23.6. The summed E-state index contributed by atoms with van der Waals surface area (Å²) in [6.07, 6.45) is 4.36. The first kappa shape index (κ1) is 22.9. The molecule has 11 heteroatoms. The Morgan fingerprint density at radius 1 is 1.21 bits per heavy atom. The number of hydrogen-bond acceptors (Lipinski definition) is 8. The third kappa shape index (κ3) is 4.88. The van der Waals surface area contributed by atoms with Crippen molar-refractivity contribution >= 4 is 21.6 Å². The summed E-state index contributed by atoms with van der Waals surface area (Å²) in [6.45, 7) is 5.47. The highest BCUT2D eigenvalue weighted by Crippen LogP contribution is 2.29. The molecule has 1 aromatic carbocycles. The molecule has 33 heavy (non-hydrogen) atoms. The lowest BCUT2D eigenvalue weighted by Crippen LogP contribution is -2.44. The summed E-state index contributed by atoms with van der Waals surface area (Å²) in [5.41, 5.74) is 1.75. The van der Waals surface area contributed by atoms with Gasteiger partial charge in [-0.25, -0.2) is 18.4 Å². The van der Waals surface area contributed by atoms with E-state index in [1.54, 1.807) is 50.5 Å². The van der Waals surface area contributed by atoms with Gasteiger partial charge in [-0.15, -0.1) is 0 Å². The van der Waals surface area contributed by atoms with Gasteiger partial charge in [-0.3, -0.25) is 4.79 Å². The first-order valence-electron chi connectivity index (χ1n) is 10.5. The van der Waals surface area contributed by atoms with Gasteiger partial charge in [0.25, 0.3) is 0 Å². The molecule has 1 fully saturated rings. The van der Waals surface area contributed by atoms with Crippen molar-refractivity contribution in [1.82, 2.24) is 19.4 Å². The van der Waals surface area contributed by atoms with Crippen molar-refractivity contribution in [1.29, 1.82) is 0 Å². The highest BCUT2D eigenvalue weighted by molar-refractivity contribution is 7.89. The summed E-state index contributed by atoms with van der Waals surface area (Å²) in [7, 11) is -3.79. The first-order valence-corrected chi connectivity index (χ1v) is 12.0. The number of anilines is 1. The summed E-state index contributed by atoms with van der Waals surface area (Å²) < 4.78 is 38.3. The second kappa shape index (κ2) is 9.28. The number of aromatic nitrogens is 3. The van der Waals surface area contributed by atoms with Crippen LogP contribution < -0.4 is 10.1 Å². The molecule has 2 aromatic heterocycles. The van der Waals surface area contributed by atoms with Crippen LogP contribution in [0.3, 0.4) is 0 Å². The van der Waals surface area contributed by atoms with Crippen molar-refractivity contribution in [2.45, 2.75) is 38.5 Å². The molecular weight excluding hydrogens is 446 g/mol. The van der Waals surface area contributed by atoms with Gasteiger partial charge < -0.3 is 14.6 Å². The number of carbonyl (C=O) groups is 1. The molecule has 174 valence electrons. The maximum absolute atomic E-state index is 13.1. The van der Waals surface area contributed by atoms with Gasteiger partial charge in [-0.1, -0.05) is 5.16 Å². The SMILES string of the molecule is Cc1cc(Oc2ncccn2)ccc1NC(=O)C1CCCN(S(=O)(=O)c2c(C)noc2C)C1. The predicted molar refractivity (Wildman–Crippen MR) is 119 cm³/mol. The van der Waals surface area contributed by atoms with Crippen LogP contribution in [0.5, 0.6) is 11.8 Å². The Labute approximate surface area is 192 Å². The number of aryl methyl sites for hydroxylation is 3. The molecule has 10 nitrogen and oxygen atoms in total. The fourth-order valence-electron chi connectivity index (χ4n) is 3.86. The summed E-state index contributed by atoms with van der Waals surface area (Å²) >= 11 is 0. The summed E-state index contributed by atoms with van der Waals surface area (Å²) in [6, 6.07) is 7.17. The van der Waals surface area contributed by atoms with Gasteiger partial charge in [-0.2, -0.15) is 4.31 Å². The lowest BCUT2D eigenvalue weighted by atomic mass is 9.98. The summed E-state index contributed by atoms with van der Waals surface area (Å²) in [4.78, 5) is 21.1. The van der Waals surface area contributed by atoms with E-state index in [1.165, 1.54) is 4.31 Å². The number of piperidine rings is 1. The molecule has 4 rings (SSSR count). The van der Waals surface area contributed by atoms with Crippen LogP contribution in [-0.2, 0) is 14.8 Å². The van der Waals surface area contributed by atoms with Crippen LogP contribution in [0, 0.1) is 26.7 Å². The number of nitrogens with one attached hydrogen (secondary N) is 1. The molecule has 1 unspecified atom stereocenters. The summed E-state index contributed by atoms with van der Waals surface area (Å²) in [5.74, 6) is 0.0999. The van der Waals surface area contributed by atoms with Gasteiger partial charge in [0, 0.05) is 31.2 Å². The molecule has 3 aromatic rings. The van der Waals surface area contributed by atoms with Crippen molar-refractivity contribution < 1.29 is 22.5 Å². The largest absolute Gasteiger partial charge is 0.424 e. The molecule has 1 amide bonds. The Morgan fingerprint density at radius 2 is 1.97 bits per heavy atom. The van der Waals surface area contributed by atoms with Crippen LogP contribution in [0.25, 0.3) is 0 Å². The van der Waals surface area contributed by atoms with Crippen LogP contribution in [0.15, 0.2) is 46.1 Å². The first-order chi connectivity index (χ1) is 15.8. The fourth-order valence-corrected chi connectivity index (χ4v) is 5.68. The van der Waals surface area contributed by atoms with Gasteiger partial charge in [-0.05, 0) is 63.4 Å². The second-order valence-corrected chi connectivity index (χ2v) is 9.83. The number of amides is 1. The second-order valence-electron chi connectivity index (χ2n) is 7.95. The minimum atomic E-state index is -3.79. The van der Waals surface area contributed by atoms with Gasteiger partial charge in [0.1, 0.15) is 16.3 Å². The highest BCUT2D eigenvalue weighted by Gasteiger charge is 2.36. The fraction of sp³-hybridized carbons (Fsp3) is 0.364. The lowest BCUT2D eigenvalue weighted by Gasteiger charge is -2.31. The Bertz CT molecular complexity index is 1240. The van der Waals surface area contributed by atoms with Gasteiger partial charge >= 0.3 is 6.01 Å². The van der Waals surface area contributed by atoms with Gasteiger partial charge in [0.2, 0.25) is 15.9 Å². The lowest BCUT2D eigenvalue weighted by molar-refractivity contribution is -0.120. The normalized spacial score (nSPS) is 17.0. The quantitative estimate of drug-likeness (QED) is 0.580. The average molecular weight is 472 g/mol. The topological polar surface area (TPSA) is 128 Å². The van der Waals surface area contributed by atoms with Crippen LogP contribution >= 0.6 is 0 Å². The Balaban J connectivity index is 1.44. The Morgan fingerprint density at radius 3 is 2.64 bits per heavy atom. The van der Waals surface area contributed by atoms with E-state index in [1.807, 2.05) is 6.92 Å². The maximum atomic E-state index is 13.1. The number of nitrogens with zero attached hydrogens (tertiary/aromatic N) is 4. The summed E-state index contributed by atoms with van der Waals surface area (Å²) in [5, 5.41) is 6.67. The van der Waals surface area contributed by atoms with Crippen molar-refractivity contribution in [3.8, 4) is 11.8 Å². The molecule has 1 atom stereocenters. The number of hydrogen-bond donors (Lipinski definition) is 1. The van der Waals surface area contributed by atoms with Crippen molar-refractivity contribution in [3.05, 3.63) is 53.7 Å². The van der Waals surface area contributed by atoms with E-state index in [4.69, 9.17) is 9.26 Å². The molecule has 0 radical (unpaired) electrons. The van der Waals surface area contributed by atoms with Crippen molar-refractivity contribution in [3.63, 3.8) is 0 Å². The van der Waals surface area contributed by atoms with Crippen LogP contribution in [0.1, 0.15) is 29.9 Å². The number of rotatable bonds is 6. The third-order valence-electron chi connectivity index (χ3n) is 5.53. The van der Waals surface area contributed by atoms with E-state index in [0.29, 0.717) is 36.5 Å². The molecular formula is C22H25N5O5S. The number of benzene rings is 1. The zero-order valence-corrected chi connectivity index (χ0v) is 19.4. The molecule has 0 saturated carbocycles. The van der Waals surface area contributed by atoms with Crippen LogP contribution in [0.2, 0.25) is 0 Å². The third-order valence-corrected chi connectivity index (χ3v) is 7.64. The van der Waals surface area contributed by atoms with E-state index in [9.17, 15) is 13.2 Å². The molecule has 1 aliphatic rings. The standard InChI is InChI=1S/C22H25N5O5S/c1-14-12-18(31-22-23-9-5-10-24-22)7-8-19(14)25-21(28)17-6-4-11-27(13-17)33(29,30)20-15(2)26-32-16(20)3/h5,7-10,12,17H,4,6,11,13H2,1-3H3,(H,25,28). The molecule has 3 heterocycles. The van der Waals surface area contributed by atoms with Crippen molar-refractivity contribution in [2.24, 2.45) is 5.92 Å². The molecule has 1 aliphatic heterocycles. The van der Waals surface area contributed by atoms with E-state index in [0.717, 1.165) is 5.56 Å². The van der Waals surface area contributed by atoms with Gasteiger partial charge in [0.05, 0.1) is 5.92 Å². The van der Waals surface area contributed by atoms with Gasteiger partial charge in [0.15, 0.2) is 5.76 Å². The zero-order valence-electron chi connectivity index (χ0n) is 18.6. The molecule has 0 aliphatic carbocycles. The number of ether oxygens (including phenoxy) is 1. The maximum Gasteiger partial charge on any atom is 0.321 e. The molecule has 1 saturated heterocycles. The minimum absolute atomic E-state index is 0.0809. The Kier molecular flexibility index (Phi) is 6.43. The van der Waals surface area contributed by atoms with E-state index in [-0.39, 0.29) is 29.1 Å². The smallest absolute Gasteiger partial charge is 0.321 e. The molecule has 1 N–H and O–H groups in total. The van der Waals surface area contributed by atoms with E-state index < -0.39 is 15.9 Å². The van der Waals surface area contributed by atoms with Crippen LogP contribution in [0.4, 0.5) is 5.69 Å². The molecule has 0 bridgehead atoms. The average Bonchev–Trinajstić information content (AvgIpc) is 3.15. The predicted octanol–water partition coefficient (Wildman–Crippen LogP) is 3.22. The monoisotopic (exact) mass is 471 g/mol. The van der Waals surface area contributed by atoms with E-state index >= 15 is 0 Å². The minimum Gasteiger partial charge on any atom is -0.424 e. The number of sulfonamides is 1. The number of carbonyl (C=O) groups excluding carboxylic acids is 1. The van der Waals surface area contributed by atoms with Crippen molar-refractivity contribution in [2.75, 3.05) is 18.4 Å². The van der Waals surface area contributed by atoms with Crippen LogP contribution in [-0.4, -0.2) is 46.8 Å². The Hall–Kier alpha value is -3.31.